The van der Waals surface area contributed by atoms with E-state index in [2.05, 4.69) is 29.2 Å². The van der Waals surface area contributed by atoms with Crippen LogP contribution in [0.15, 0.2) is 42.6 Å². The van der Waals surface area contributed by atoms with E-state index < -0.39 is 0 Å². The van der Waals surface area contributed by atoms with Crippen LogP contribution in [0, 0.1) is 5.41 Å². The predicted octanol–water partition coefficient (Wildman–Crippen LogP) is 2.96. The van der Waals surface area contributed by atoms with Crippen molar-refractivity contribution in [2.45, 2.75) is 32.0 Å². The highest BCUT2D eigenvalue weighted by Gasteiger charge is 2.20. The molecule has 4 heteroatoms. The number of aryl methyl sites for hydroxylation is 1. The first-order valence-electron chi connectivity index (χ1n) is 7.23. The number of nitrogens with two attached hydrogens (primary N) is 1. The summed E-state index contributed by atoms with van der Waals surface area (Å²) in [5.74, 6) is -0.0155. The van der Waals surface area contributed by atoms with Crippen molar-refractivity contribution in [3.05, 3.63) is 65.0 Å². The Bertz CT molecular complexity index is 654. The second-order valence-electron chi connectivity index (χ2n) is 5.32. The molecule has 0 radical (unpaired) electrons. The van der Waals surface area contributed by atoms with Crippen LogP contribution in [0.1, 0.15) is 41.3 Å². The van der Waals surface area contributed by atoms with Crippen molar-refractivity contribution in [1.29, 1.82) is 5.41 Å². The molecule has 0 saturated carbocycles. The Hall–Kier alpha value is -2.20. The number of rotatable bonds is 4. The van der Waals surface area contributed by atoms with E-state index in [1.54, 1.807) is 6.20 Å². The zero-order valence-corrected chi connectivity index (χ0v) is 11.9. The highest BCUT2D eigenvalue weighted by Crippen LogP contribution is 2.33. The largest absolute Gasteiger partial charge is 0.382 e. The van der Waals surface area contributed by atoms with Crippen molar-refractivity contribution < 1.29 is 4.74 Å². The second kappa shape index (κ2) is 6.06. The summed E-state index contributed by atoms with van der Waals surface area (Å²) in [6, 6.07) is 12.2. The number of ether oxygens (including phenoxy) is 1. The predicted molar refractivity (Wildman–Crippen MR) is 82.2 cm³/mol. The summed E-state index contributed by atoms with van der Waals surface area (Å²) in [6.45, 7) is 0.432. The third kappa shape index (κ3) is 2.95. The summed E-state index contributed by atoms with van der Waals surface area (Å²) in [5.41, 5.74) is 9.62. The molecule has 2 aromatic rings. The Morgan fingerprint density at radius 2 is 2.14 bits per heavy atom. The van der Waals surface area contributed by atoms with Gasteiger partial charge >= 0.3 is 0 Å². The monoisotopic (exact) mass is 281 g/mol. The Balaban J connectivity index is 1.76. The lowest BCUT2D eigenvalue weighted by Gasteiger charge is -2.25. The number of pyridine rings is 1. The number of hydrogen-bond acceptors (Lipinski definition) is 3. The molecule has 21 heavy (non-hydrogen) atoms. The third-order valence-electron chi connectivity index (χ3n) is 3.90. The molecule has 0 fully saturated rings. The molecule has 1 atom stereocenters. The Morgan fingerprint density at radius 1 is 1.29 bits per heavy atom. The molecule has 3 rings (SSSR count). The maximum Gasteiger partial charge on any atom is 0.142 e. The second-order valence-corrected chi connectivity index (χ2v) is 5.32. The molecule has 0 amide bonds. The average Bonchev–Trinajstić information content (AvgIpc) is 2.53. The average molecular weight is 281 g/mol. The minimum absolute atomic E-state index is 0.0155. The lowest BCUT2D eigenvalue weighted by Crippen LogP contribution is -2.18. The van der Waals surface area contributed by atoms with E-state index >= 15 is 0 Å². The van der Waals surface area contributed by atoms with E-state index in [0.29, 0.717) is 12.3 Å². The standard InChI is InChI=1S/C17H19N3O/c18-17(19)16-13(7-4-10-20-16)11-21-15-9-3-6-12-5-1-2-8-14(12)15/h1-2,4-5,7-8,10,15H,3,6,9,11H2,(H3,18,19). The fourth-order valence-electron chi connectivity index (χ4n) is 2.87. The Labute approximate surface area is 124 Å². The quantitative estimate of drug-likeness (QED) is 0.668. The summed E-state index contributed by atoms with van der Waals surface area (Å²) in [4.78, 5) is 4.16. The highest BCUT2D eigenvalue weighted by atomic mass is 16.5. The lowest BCUT2D eigenvalue weighted by atomic mass is 9.89. The fourth-order valence-corrected chi connectivity index (χ4v) is 2.87. The van der Waals surface area contributed by atoms with Crippen LogP contribution in [0.4, 0.5) is 0 Å². The molecule has 1 aliphatic rings. The zero-order chi connectivity index (χ0) is 14.7. The molecule has 1 aromatic carbocycles. The number of nitrogens with zero attached hydrogens (tertiary/aromatic N) is 1. The van der Waals surface area contributed by atoms with Crippen molar-refractivity contribution in [2.75, 3.05) is 0 Å². The van der Waals surface area contributed by atoms with Gasteiger partial charge in [0.25, 0.3) is 0 Å². The number of nitrogen functional groups attached to an aromatic ring is 1. The first-order chi connectivity index (χ1) is 10.3. The smallest absolute Gasteiger partial charge is 0.142 e. The summed E-state index contributed by atoms with van der Waals surface area (Å²) in [7, 11) is 0. The van der Waals surface area contributed by atoms with Gasteiger partial charge < -0.3 is 10.5 Å². The van der Waals surface area contributed by atoms with Crippen LogP contribution in [0.5, 0.6) is 0 Å². The molecule has 1 aromatic heterocycles. The molecule has 108 valence electrons. The van der Waals surface area contributed by atoms with Gasteiger partial charge in [0.15, 0.2) is 0 Å². The van der Waals surface area contributed by atoms with Crippen LogP contribution in [0.3, 0.4) is 0 Å². The summed E-state index contributed by atoms with van der Waals surface area (Å²) in [5, 5.41) is 7.58. The molecule has 0 spiro atoms. The minimum atomic E-state index is -0.0155. The van der Waals surface area contributed by atoms with Gasteiger partial charge in [0.1, 0.15) is 11.5 Å². The van der Waals surface area contributed by atoms with Crippen LogP contribution in [0.25, 0.3) is 0 Å². The SMILES string of the molecule is N=C(N)c1ncccc1COC1CCCc2ccccc21. The minimum Gasteiger partial charge on any atom is -0.382 e. The highest BCUT2D eigenvalue weighted by molar-refractivity contribution is 5.94. The van der Waals surface area contributed by atoms with Gasteiger partial charge in [0.2, 0.25) is 0 Å². The maximum absolute atomic E-state index is 7.58. The Kier molecular flexibility index (Phi) is 3.97. The van der Waals surface area contributed by atoms with Crippen LogP contribution in [0.2, 0.25) is 0 Å². The van der Waals surface area contributed by atoms with E-state index in [4.69, 9.17) is 15.9 Å². The van der Waals surface area contributed by atoms with Crippen LogP contribution < -0.4 is 5.73 Å². The van der Waals surface area contributed by atoms with E-state index in [0.717, 1.165) is 24.8 Å². The van der Waals surface area contributed by atoms with Gasteiger partial charge in [-0.2, -0.15) is 0 Å². The van der Waals surface area contributed by atoms with Gasteiger partial charge in [-0.05, 0) is 36.5 Å². The fraction of sp³-hybridized carbons (Fsp3) is 0.294. The van der Waals surface area contributed by atoms with Gasteiger partial charge in [0, 0.05) is 11.8 Å². The number of hydrogen-bond donors (Lipinski definition) is 2. The van der Waals surface area contributed by atoms with Crippen LogP contribution in [-0.2, 0) is 17.8 Å². The van der Waals surface area contributed by atoms with Gasteiger partial charge in [-0.3, -0.25) is 10.4 Å². The topological polar surface area (TPSA) is 72.0 Å². The number of benzene rings is 1. The molecule has 0 saturated heterocycles. The molecule has 1 unspecified atom stereocenters. The Morgan fingerprint density at radius 3 is 3.00 bits per heavy atom. The van der Waals surface area contributed by atoms with E-state index in [-0.39, 0.29) is 11.9 Å². The summed E-state index contributed by atoms with van der Waals surface area (Å²) >= 11 is 0. The molecule has 0 bridgehead atoms. The van der Waals surface area contributed by atoms with E-state index in [9.17, 15) is 0 Å². The molecule has 1 heterocycles. The number of aromatic nitrogens is 1. The molecular formula is C17H19N3O. The first-order valence-corrected chi connectivity index (χ1v) is 7.23. The lowest BCUT2D eigenvalue weighted by molar-refractivity contribution is 0.0280. The van der Waals surface area contributed by atoms with Crippen molar-refractivity contribution in [3.63, 3.8) is 0 Å². The van der Waals surface area contributed by atoms with Crippen molar-refractivity contribution in [3.8, 4) is 0 Å². The van der Waals surface area contributed by atoms with E-state index in [1.807, 2.05) is 12.1 Å². The number of nitrogens with one attached hydrogen (secondary N) is 1. The third-order valence-corrected chi connectivity index (χ3v) is 3.90. The molecule has 3 N–H and O–H groups in total. The van der Waals surface area contributed by atoms with Gasteiger partial charge in [-0.1, -0.05) is 30.3 Å². The van der Waals surface area contributed by atoms with E-state index in [1.165, 1.54) is 11.1 Å². The van der Waals surface area contributed by atoms with Gasteiger partial charge in [-0.15, -0.1) is 0 Å². The zero-order valence-electron chi connectivity index (χ0n) is 11.9. The van der Waals surface area contributed by atoms with Crippen molar-refractivity contribution >= 4 is 5.84 Å². The normalized spacial score (nSPS) is 17.2. The summed E-state index contributed by atoms with van der Waals surface area (Å²) in [6.07, 6.45) is 5.08. The van der Waals surface area contributed by atoms with Crippen LogP contribution in [-0.4, -0.2) is 10.8 Å². The van der Waals surface area contributed by atoms with Gasteiger partial charge in [0.05, 0.1) is 12.7 Å². The van der Waals surface area contributed by atoms with Crippen LogP contribution >= 0.6 is 0 Å². The van der Waals surface area contributed by atoms with Crippen molar-refractivity contribution in [2.24, 2.45) is 5.73 Å². The molecule has 0 aliphatic heterocycles. The van der Waals surface area contributed by atoms with Gasteiger partial charge in [-0.25, -0.2) is 0 Å². The number of fused-ring (bicyclic) bond motifs is 1. The first kappa shape index (κ1) is 13.8. The number of amidine groups is 1. The molecular weight excluding hydrogens is 262 g/mol. The van der Waals surface area contributed by atoms with Crippen molar-refractivity contribution in [1.82, 2.24) is 4.98 Å². The summed E-state index contributed by atoms with van der Waals surface area (Å²) < 4.78 is 6.09. The molecule has 1 aliphatic carbocycles. The molecule has 4 nitrogen and oxygen atoms in total. The maximum atomic E-state index is 7.58.